The van der Waals surface area contributed by atoms with Crippen LogP contribution in [-0.4, -0.2) is 46.5 Å². The first-order valence-electron chi connectivity index (χ1n) is 7.62. The summed E-state index contributed by atoms with van der Waals surface area (Å²) >= 11 is 6.08. The Balaban J connectivity index is 1.61. The van der Waals surface area contributed by atoms with Crippen LogP contribution in [0.1, 0.15) is 16.1 Å². The number of aryl methyl sites for hydroxylation is 1. The van der Waals surface area contributed by atoms with Crippen LogP contribution in [0.15, 0.2) is 36.5 Å². The maximum Gasteiger partial charge on any atom is 0.270 e. The van der Waals surface area contributed by atoms with E-state index >= 15 is 0 Å². The van der Waals surface area contributed by atoms with Gasteiger partial charge in [-0.3, -0.25) is 9.69 Å². The normalized spacial score (nSPS) is 15.9. The number of hydrogen-bond acceptors (Lipinski definition) is 2. The van der Waals surface area contributed by atoms with Gasteiger partial charge in [-0.05, 0) is 24.3 Å². The molecule has 0 radical (unpaired) electrons. The Morgan fingerprint density at radius 3 is 2.52 bits per heavy atom. The van der Waals surface area contributed by atoms with E-state index in [-0.39, 0.29) is 11.7 Å². The van der Waals surface area contributed by atoms with Crippen molar-refractivity contribution in [3.8, 4) is 0 Å². The van der Waals surface area contributed by atoms with Gasteiger partial charge in [-0.2, -0.15) is 0 Å². The Bertz CT molecular complexity index is 687. The number of carbonyl (C=O) groups is 1. The monoisotopic (exact) mass is 335 g/mol. The molecule has 0 aliphatic carbocycles. The molecule has 23 heavy (non-hydrogen) atoms. The summed E-state index contributed by atoms with van der Waals surface area (Å²) in [6, 6.07) is 8.43. The predicted octanol–water partition coefficient (Wildman–Crippen LogP) is 2.78. The van der Waals surface area contributed by atoms with E-state index in [1.807, 2.05) is 34.8 Å². The molecule has 0 atom stereocenters. The summed E-state index contributed by atoms with van der Waals surface area (Å²) in [5.41, 5.74) is 1.21. The summed E-state index contributed by atoms with van der Waals surface area (Å²) in [6.07, 6.45) is 1.86. The Morgan fingerprint density at radius 2 is 1.91 bits per heavy atom. The molecule has 122 valence electrons. The van der Waals surface area contributed by atoms with Crippen molar-refractivity contribution in [1.82, 2.24) is 14.4 Å². The number of hydrogen-bond donors (Lipinski definition) is 0. The molecule has 1 aliphatic rings. The smallest absolute Gasteiger partial charge is 0.270 e. The van der Waals surface area contributed by atoms with Crippen LogP contribution in [0.25, 0.3) is 0 Å². The van der Waals surface area contributed by atoms with Crippen molar-refractivity contribution in [2.45, 2.75) is 6.54 Å². The van der Waals surface area contributed by atoms with Crippen molar-refractivity contribution in [1.29, 1.82) is 0 Å². The third-order valence-electron chi connectivity index (χ3n) is 4.27. The van der Waals surface area contributed by atoms with E-state index in [0.717, 1.165) is 0 Å². The summed E-state index contributed by atoms with van der Waals surface area (Å²) < 4.78 is 15.7. The number of benzene rings is 1. The first-order valence-corrected chi connectivity index (χ1v) is 8.00. The van der Waals surface area contributed by atoms with E-state index in [9.17, 15) is 9.18 Å². The number of carbonyl (C=O) groups excluding carboxylic acids is 1. The molecule has 1 fully saturated rings. The van der Waals surface area contributed by atoms with E-state index in [2.05, 4.69) is 4.90 Å². The highest BCUT2D eigenvalue weighted by atomic mass is 35.5. The standard InChI is InChI=1S/C17H19ClFN3O/c1-20-7-3-6-16(20)17(23)22-10-8-21(9-11-22)12-13-14(18)4-2-5-15(13)19/h2-7H,8-12H2,1H3. The first-order chi connectivity index (χ1) is 11.1. The zero-order valence-electron chi connectivity index (χ0n) is 13.0. The average molecular weight is 336 g/mol. The lowest BCUT2D eigenvalue weighted by Crippen LogP contribution is -2.48. The SMILES string of the molecule is Cn1cccc1C(=O)N1CCN(Cc2c(F)cccc2Cl)CC1. The molecule has 2 heterocycles. The number of halogens is 2. The van der Waals surface area contributed by atoms with Crippen molar-refractivity contribution in [3.63, 3.8) is 0 Å². The lowest BCUT2D eigenvalue weighted by atomic mass is 10.1. The molecule has 0 spiro atoms. The Labute approximate surface area is 140 Å². The van der Waals surface area contributed by atoms with Crippen molar-refractivity contribution in [2.24, 2.45) is 7.05 Å². The molecule has 1 aromatic carbocycles. The van der Waals surface area contributed by atoms with Crippen molar-refractivity contribution in [3.05, 3.63) is 58.6 Å². The van der Waals surface area contributed by atoms with Crippen molar-refractivity contribution in [2.75, 3.05) is 26.2 Å². The van der Waals surface area contributed by atoms with Gasteiger partial charge in [-0.25, -0.2) is 4.39 Å². The molecule has 0 N–H and O–H groups in total. The molecule has 1 aromatic heterocycles. The highest BCUT2D eigenvalue weighted by Gasteiger charge is 2.24. The minimum atomic E-state index is -0.278. The average Bonchev–Trinajstić information content (AvgIpc) is 2.97. The zero-order chi connectivity index (χ0) is 16.4. The van der Waals surface area contributed by atoms with Gasteiger partial charge in [-0.1, -0.05) is 17.7 Å². The molecular weight excluding hydrogens is 317 g/mol. The minimum Gasteiger partial charge on any atom is -0.347 e. The van der Waals surface area contributed by atoms with E-state index in [1.54, 1.807) is 12.1 Å². The third-order valence-corrected chi connectivity index (χ3v) is 4.62. The fourth-order valence-corrected chi connectivity index (χ4v) is 3.08. The van der Waals surface area contributed by atoms with Crippen molar-refractivity contribution >= 4 is 17.5 Å². The number of aromatic nitrogens is 1. The molecule has 4 nitrogen and oxygen atoms in total. The largest absolute Gasteiger partial charge is 0.347 e. The summed E-state index contributed by atoms with van der Waals surface area (Å²) in [5.74, 6) is -0.235. The molecule has 2 aromatic rings. The Kier molecular flexibility index (Phi) is 4.68. The van der Waals surface area contributed by atoms with Gasteiger partial charge in [-0.15, -0.1) is 0 Å². The lowest BCUT2D eigenvalue weighted by Gasteiger charge is -2.35. The Hall–Kier alpha value is -1.85. The molecule has 1 aliphatic heterocycles. The topological polar surface area (TPSA) is 28.5 Å². The van der Waals surface area contributed by atoms with Gasteiger partial charge in [0.25, 0.3) is 5.91 Å². The highest BCUT2D eigenvalue weighted by Crippen LogP contribution is 2.21. The number of rotatable bonds is 3. The maximum absolute atomic E-state index is 13.9. The molecule has 0 unspecified atom stereocenters. The van der Waals surface area contributed by atoms with Crippen LogP contribution in [-0.2, 0) is 13.6 Å². The summed E-state index contributed by atoms with van der Waals surface area (Å²) in [5, 5.41) is 0.451. The van der Waals surface area contributed by atoms with Gasteiger partial charge >= 0.3 is 0 Å². The van der Waals surface area contributed by atoms with E-state index in [0.29, 0.717) is 49.0 Å². The van der Waals surface area contributed by atoms with Gasteiger partial charge in [0.05, 0.1) is 0 Å². The van der Waals surface area contributed by atoms with E-state index < -0.39 is 0 Å². The summed E-state index contributed by atoms with van der Waals surface area (Å²) in [6.45, 7) is 3.16. The molecule has 1 saturated heterocycles. The fourth-order valence-electron chi connectivity index (χ4n) is 2.86. The van der Waals surface area contributed by atoms with Crippen LogP contribution in [0.3, 0.4) is 0 Å². The van der Waals surface area contributed by atoms with Crippen LogP contribution in [0, 0.1) is 5.82 Å². The van der Waals surface area contributed by atoms with Crippen LogP contribution in [0.5, 0.6) is 0 Å². The maximum atomic E-state index is 13.9. The second-order valence-electron chi connectivity index (χ2n) is 5.77. The summed E-state index contributed by atoms with van der Waals surface area (Å²) in [4.78, 5) is 16.4. The molecule has 3 rings (SSSR count). The molecule has 0 saturated carbocycles. The molecule has 6 heteroatoms. The van der Waals surface area contributed by atoms with Gasteiger partial charge in [0.2, 0.25) is 0 Å². The predicted molar refractivity (Wildman–Crippen MR) is 88.0 cm³/mol. The van der Waals surface area contributed by atoms with Gasteiger partial charge in [0, 0.05) is 56.6 Å². The van der Waals surface area contributed by atoms with Crippen LogP contribution >= 0.6 is 11.6 Å². The van der Waals surface area contributed by atoms with Gasteiger partial charge < -0.3 is 9.47 Å². The lowest BCUT2D eigenvalue weighted by molar-refractivity contribution is 0.0618. The first kappa shape index (κ1) is 16.0. The van der Waals surface area contributed by atoms with Gasteiger partial charge in [0.1, 0.15) is 11.5 Å². The Morgan fingerprint density at radius 1 is 1.17 bits per heavy atom. The van der Waals surface area contributed by atoms with Crippen LogP contribution < -0.4 is 0 Å². The second kappa shape index (κ2) is 6.72. The van der Waals surface area contributed by atoms with E-state index in [4.69, 9.17) is 11.6 Å². The molecular formula is C17H19ClFN3O. The van der Waals surface area contributed by atoms with Crippen LogP contribution in [0.4, 0.5) is 4.39 Å². The quantitative estimate of drug-likeness (QED) is 0.863. The molecule has 0 bridgehead atoms. The molecule has 1 amide bonds. The zero-order valence-corrected chi connectivity index (χ0v) is 13.8. The number of amides is 1. The van der Waals surface area contributed by atoms with Crippen LogP contribution in [0.2, 0.25) is 5.02 Å². The number of piperazine rings is 1. The van der Waals surface area contributed by atoms with Crippen molar-refractivity contribution < 1.29 is 9.18 Å². The van der Waals surface area contributed by atoms with Gasteiger partial charge in [0.15, 0.2) is 0 Å². The fraction of sp³-hybridized carbons (Fsp3) is 0.353. The number of nitrogens with zero attached hydrogens (tertiary/aromatic N) is 3. The minimum absolute atomic E-state index is 0.0427. The van der Waals surface area contributed by atoms with E-state index in [1.165, 1.54) is 6.07 Å². The second-order valence-corrected chi connectivity index (χ2v) is 6.18. The third kappa shape index (κ3) is 3.41. The summed E-state index contributed by atoms with van der Waals surface area (Å²) in [7, 11) is 1.86. The highest BCUT2D eigenvalue weighted by molar-refractivity contribution is 6.31.